The van der Waals surface area contributed by atoms with E-state index in [2.05, 4.69) is 9.71 Å². The van der Waals surface area contributed by atoms with E-state index >= 15 is 0 Å². The van der Waals surface area contributed by atoms with Gasteiger partial charge in [-0.15, -0.1) is 11.3 Å². The summed E-state index contributed by atoms with van der Waals surface area (Å²) in [5.41, 5.74) is 2.51. The Labute approximate surface area is 86.9 Å². The van der Waals surface area contributed by atoms with Crippen molar-refractivity contribution in [3.8, 4) is 0 Å². The molecule has 1 heterocycles. The van der Waals surface area contributed by atoms with Crippen LogP contribution in [0.1, 0.15) is 10.6 Å². The van der Waals surface area contributed by atoms with Gasteiger partial charge in [-0.2, -0.15) is 0 Å². The second-order valence-electron chi connectivity index (χ2n) is 2.72. The molecule has 5 nitrogen and oxygen atoms in total. The van der Waals surface area contributed by atoms with Gasteiger partial charge in [-0.05, 0) is 6.92 Å². The van der Waals surface area contributed by atoms with Crippen molar-refractivity contribution in [1.29, 1.82) is 0 Å². The molecule has 0 fully saturated rings. The summed E-state index contributed by atoms with van der Waals surface area (Å²) in [6.07, 6.45) is 0. The second kappa shape index (κ2) is 4.83. The van der Waals surface area contributed by atoms with E-state index < -0.39 is 10.0 Å². The minimum Gasteiger partial charge on any atom is -0.395 e. The third-order valence-electron chi connectivity index (χ3n) is 1.66. The lowest BCUT2D eigenvalue weighted by atomic mass is 10.4. The van der Waals surface area contributed by atoms with Crippen LogP contribution in [0, 0.1) is 6.92 Å². The molecule has 0 unspecified atom stereocenters. The standard InChI is InChI=1S/C7H12N2O3S2/c1-6-7(13-5-8-6)4-9-14(11,12)3-2-10/h5,9-10H,2-4H2,1H3. The van der Waals surface area contributed by atoms with Crippen molar-refractivity contribution in [2.75, 3.05) is 12.4 Å². The molecule has 2 N–H and O–H groups in total. The number of aromatic nitrogens is 1. The Balaban J connectivity index is 2.53. The molecule has 80 valence electrons. The van der Waals surface area contributed by atoms with Gasteiger partial charge in [-0.3, -0.25) is 0 Å². The highest BCUT2D eigenvalue weighted by atomic mass is 32.2. The van der Waals surface area contributed by atoms with E-state index in [1.54, 1.807) is 5.51 Å². The van der Waals surface area contributed by atoms with E-state index in [9.17, 15) is 8.42 Å². The zero-order valence-electron chi connectivity index (χ0n) is 7.73. The van der Waals surface area contributed by atoms with Gasteiger partial charge in [0.2, 0.25) is 10.0 Å². The zero-order chi connectivity index (χ0) is 10.6. The number of sulfonamides is 1. The molecule has 0 radical (unpaired) electrons. The molecule has 0 aliphatic heterocycles. The van der Waals surface area contributed by atoms with E-state index in [1.807, 2.05) is 6.92 Å². The topological polar surface area (TPSA) is 79.3 Å². The highest BCUT2D eigenvalue weighted by molar-refractivity contribution is 7.89. The molecule has 0 atom stereocenters. The summed E-state index contributed by atoms with van der Waals surface area (Å²) in [5.74, 6) is -0.259. The average Bonchev–Trinajstić information content (AvgIpc) is 2.48. The van der Waals surface area contributed by atoms with Crippen molar-refractivity contribution >= 4 is 21.4 Å². The molecule has 1 rings (SSSR count). The number of nitrogens with one attached hydrogen (secondary N) is 1. The molecule has 0 bridgehead atoms. The lowest BCUT2D eigenvalue weighted by molar-refractivity contribution is 0.319. The molecule has 0 aromatic carbocycles. The van der Waals surface area contributed by atoms with Gasteiger partial charge in [-0.1, -0.05) is 0 Å². The molecular weight excluding hydrogens is 224 g/mol. The molecular formula is C7H12N2O3S2. The number of hydrogen-bond donors (Lipinski definition) is 2. The van der Waals surface area contributed by atoms with E-state index in [0.717, 1.165) is 10.6 Å². The minimum atomic E-state index is -3.35. The molecule has 7 heteroatoms. The normalized spacial score (nSPS) is 11.9. The summed E-state index contributed by atoms with van der Waals surface area (Å²) in [5, 5.41) is 8.48. The van der Waals surface area contributed by atoms with Crippen LogP contribution in [-0.4, -0.2) is 30.9 Å². The number of rotatable bonds is 5. The molecule has 0 saturated heterocycles. The molecule has 1 aromatic rings. The van der Waals surface area contributed by atoms with Crippen LogP contribution in [-0.2, 0) is 16.6 Å². The van der Waals surface area contributed by atoms with Gasteiger partial charge in [0.25, 0.3) is 0 Å². The van der Waals surface area contributed by atoms with Crippen molar-refractivity contribution in [3.63, 3.8) is 0 Å². The Morgan fingerprint density at radius 2 is 2.36 bits per heavy atom. The quantitative estimate of drug-likeness (QED) is 0.746. The van der Waals surface area contributed by atoms with E-state index in [-0.39, 0.29) is 18.9 Å². The van der Waals surface area contributed by atoms with Crippen LogP contribution in [0.15, 0.2) is 5.51 Å². The van der Waals surface area contributed by atoms with Crippen LogP contribution in [0.3, 0.4) is 0 Å². The summed E-state index contributed by atoms with van der Waals surface area (Å²) in [6.45, 7) is 1.71. The highest BCUT2D eigenvalue weighted by Gasteiger charge is 2.10. The first kappa shape index (κ1) is 11.6. The number of aliphatic hydroxyl groups excluding tert-OH is 1. The maximum absolute atomic E-state index is 11.2. The van der Waals surface area contributed by atoms with E-state index in [1.165, 1.54) is 11.3 Å². The van der Waals surface area contributed by atoms with Gasteiger partial charge in [0.1, 0.15) is 0 Å². The zero-order valence-corrected chi connectivity index (χ0v) is 9.36. The Morgan fingerprint density at radius 1 is 1.64 bits per heavy atom. The smallest absolute Gasteiger partial charge is 0.214 e. The summed E-state index contributed by atoms with van der Waals surface area (Å²) in [7, 11) is -3.35. The Kier molecular flexibility index (Phi) is 3.99. The number of thiazole rings is 1. The average molecular weight is 236 g/mol. The Morgan fingerprint density at radius 3 is 2.86 bits per heavy atom. The molecule has 0 aliphatic rings. The predicted octanol–water partition coefficient (Wildman–Crippen LogP) is -0.137. The second-order valence-corrected chi connectivity index (χ2v) is 5.59. The van der Waals surface area contributed by atoms with Gasteiger partial charge in [0.15, 0.2) is 0 Å². The number of nitrogens with zero attached hydrogens (tertiary/aromatic N) is 1. The van der Waals surface area contributed by atoms with Crippen molar-refractivity contribution in [2.45, 2.75) is 13.5 Å². The van der Waals surface area contributed by atoms with Gasteiger partial charge < -0.3 is 5.11 Å². The lowest BCUT2D eigenvalue weighted by Gasteiger charge is -2.03. The highest BCUT2D eigenvalue weighted by Crippen LogP contribution is 2.11. The number of aryl methyl sites for hydroxylation is 1. The summed E-state index contributed by atoms with van der Waals surface area (Å²) in [4.78, 5) is 4.89. The summed E-state index contributed by atoms with van der Waals surface area (Å²) in [6, 6.07) is 0. The third-order valence-corrected chi connectivity index (χ3v) is 3.90. The van der Waals surface area contributed by atoms with Crippen LogP contribution >= 0.6 is 11.3 Å². The van der Waals surface area contributed by atoms with Crippen LogP contribution in [0.25, 0.3) is 0 Å². The summed E-state index contributed by atoms with van der Waals surface area (Å²) >= 11 is 1.41. The van der Waals surface area contributed by atoms with Crippen LogP contribution in [0.5, 0.6) is 0 Å². The molecule has 0 spiro atoms. The van der Waals surface area contributed by atoms with Crippen molar-refractivity contribution in [2.24, 2.45) is 0 Å². The predicted molar refractivity (Wildman–Crippen MR) is 54.6 cm³/mol. The van der Waals surface area contributed by atoms with Crippen LogP contribution in [0.2, 0.25) is 0 Å². The van der Waals surface area contributed by atoms with Gasteiger partial charge in [0, 0.05) is 11.4 Å². The fourth-order valence-corrected chi connectivity index (χ4v) is 2.42. The fraction of sp³-hybridized carbons (Fsp3) is 0.571. The van der Waals surface area contributed by atoms with Crippen molar-refractivity contribution < 1.29 is 13.5 Å². The monoisotopic (exact) mass is 236 g/mol. The first-order chi connectivity index (χ1) is 6.55. The van der Waals surface area contributed by atoms with E-state index in [4.69, 9.17) is 5.11 Å². The summed E-state index contributed by atoms with van der Waals surface area (Å²) < 4.78 is 24.7. The van der Waals surface area contributed by atoms with Gasteiger partial charge in [-0.25, -0.2) is 18.1 Å². The van der Waals surface area contributed by atoms with Crippen molar-refractivity contribution in [3.05, 3.63) is 16.1 Å². The van der Waals surface area contributed by atoms with Gasteiger partial charge in [0.05, 0.1) is 23.6 Å². The maximum Gasteiger partial charge on any atom is 0.214 e. The first-order valence-corrected chi connectivity index (χ1v) is 6.55. The third kappa shape index (κ3) is 3.33. The minimum absolute atomic E-state index is 0.249. The number of aliphatic hydroxyl groups is 1. The van der Waals surface area contributed by atoms with E-state index in [0.29, 0.717) is 0 Å². The fourth-order valence-electron chi connectivity index (χ4n) is 0.864. The first-order valence-electron chi connectivity index (χ1n) is 4.02. The lowest BCUT2D eigenvalue weighted by Crippen LogP contribution is -2.27. The molecule has 0 saturated carbocycles. The maximum atomic E-state index is 11.2. The van der Waals surface area contributed by atoms with Crippen molar-refractivity contribution in [1.82, 2.24) is 9.71 Å². The number of hydrogen-bond acceptors (Lipinski definition) is 5. The molecule has 0 amide bonds. The Hall–Kier alpha value is -0.500. The van der Waals surface area contributed by atoms with Gasteiger partial charge >= 0.3 is 0 Å². The van der Waals surface area contributed by atoms with Crippen LogP contribution < -0.4 is 4.72 Å². The van der Waals surface area contributed by atoms with Crippen LogP contribution in [0.4, 0.5) is 0 Å². The Bertz CT molecular complexity index is 385. The molecule has 1 aromatic heterocycles. The molecule has 0 aliphatic carbocycles. The SMILES string of the molecule is Cc1ncsc1CNS(=O)(=O)CCO. The molecule has 14 heavy (non-hydrogen) atoms. The largest absolute Gasteiger partial charge is 0.395 e.